The van der Waals surface area contributed by atoms with Crippen molar-refractivity contribution in [3.63, 3.8) is 0 Å². The molecule has 36 heavy (non-hydrogen) atoms. The quantitative estimate of drug-likeness (QED) is 0.469. The molecule has 3 heterocycles. The van der Waals surface area contributed by atoms with Gasteiger partial charge in [-0.15, -0.1) is 0 Å². The maximum Gasteiger partial charge on any atom is 0.249 e. The van der Waals surface area contributed by atoms with Gasteiger partial charge in [-0.1, -0.05) is 23.4 Å². The summed E-state index contributed by atoms with van der Waals surface area (Å²) in [5, 5.41) is 17.0. The highest BCUT2D eigenvalue weighted by Gasteiger charge is 2.49. The number of aliphatic hydroxyl groups excluding tert-OH is 1. The van der Waals surface area contributed by atoms with Gasteiger partial charge in [0, 0.05) is 24.8 Å². The third-order valence-corrected chi connectivity index (χ3v) is 6.57. The van der Waals surface area contributed by atoms with Gasteiger partial charge in [0.25, 0.3) is 0 Å². The summed E-state index contributed by atoms with van der Waals surface area (Å²) < 4.78 is 21.3. The molecule has 2 aliphatic rings. The fourth-order valence-corrected chi connectivity index (χ4v) is 4.82. The lowest BCUT2D eigenvalue weighted by atomic mass is 9.94. The second kappa shape index (κ2) is 10.1. The number of ether oxygens (including phenoxy) is 1. The number of oxime groups is 1. The Morgan fingerprint density at radius 2 is 2.08 bits per heavy atom. The second-order valence-corrected chi connectivity index (χ2v) is 8.98. The van der Waals surface area contributed by atoms with Crippen molar-refractivity contribution in [3.8, 4) is 11.4 Å². The van der Waals surface area contributed by atoms with Crippen molar-refractivity contribution in [2.75, 3.05) is 33.4 Å². The Hall–Kier alpha value is -3.69. The predicted molar refractivity (Wildman–Crippen MR) is 135 cm³/mol. The van der Waals surface area contributed by atoms with Gasteiger partial charge in [0.2, 0.25) is 5.72 Å². The number of aliphatic hydroxyl groups is 1. The van der Waals surface area contributed by atoms with Crippen LogP contribution in [0.4, 0.5) is 4.39 Å². The number of methoxy groups -OCH3 is 1. The van der Waals surface area contributed by atoms with Gasteiger partial charge in [-0.25, -0.2) is 9.37 Å². The molecule has 0 aliphatic carbocycles. The van der Waals surface area contributed by atoms with Crippen molar-refractivity contribution < 1.29 is 19.1 Å². The van der Waals surface area contributed by atoms with Crippen LogP contribution in [0.15, 0.2) is 65.7 Å². The maximum atomic E-state index is 13.7. The highest BCUT2D eigenvalue weighted by atomic mass is 19.1. The Balaban J connectivity index is 1.46. The van der Waals surface area contributed by atoms with Crippen molar-refractivity contribution in [2.24, 2.45) is 5.16 Å². The lowest BCUT2D eigenvalue weighted by Crippen LogP contribution is -2.54. The minimum Gasteiger partial charge on any atom is -0.495 e. The number of nitrogens with zero attached hydrogens (tertiary/aromatic N) is 4. The van der Waals surface area contributed by atoms with Gasteiger partial charge < -0.3 is 29.5 Å². The number of hydrogen-bond acceptors (Lipinski definition) is 7. The Morgan fingerprint density at radius 3 is 2.81 bits per heavy atom. The summed E-state index contributed by atoms with van der Waals surface area (Å²) in [7, 11) is 1.66. The highest BCUT2D eigenvalue weighted by molar-refractivity contribution is 6.03. The molecular formula is C27H30FN5O3. The largest absolute Gasteiger partial charge is 0.495 e. The molecular weight excluding hydrogens is 461 g/mol. The first-order valence-corrected chi connectivity index (χ1v) is 12.1. The Labute approximate surface area is 209 Å². The smallest absolute Gasteiger partial charge is 0.249 e. The summed E-state index contributed by atoms with van der Waals surface area (Å²) in [5.74, 6) is 1.20. The second-order valence-electron chi connectivity index (χ2n) is 8.98. The summed E-state index contributed by atoms with van der Waals surface area (Å²) in [6.45, 7) is 3.52. The molecule has 2 aliphatic heterocycles. The van der Waals surface area contributed by atoms with Gasteiger partial charge in [-0.05, 0) is 61.2 Å². The van der Waals surface area contributed by atoms with Crippen LogP contribution in [-0.4, -0.2) is 58.7 Å². The number of nitrogens with one attached hydrogen (secondary N) is 1. The van der Waals surface area contributed by atoms with E-state index in [1.165, 1.54) is 12.1 Å². The fraction of sp³-hybridized carbons (Fsp3) is 0.333. The minimum atomic E-state index is -0.918. The molecule has 9 heteroatoms. The summed E-state index contributed by atoms with van der Waals surface area (Å²) in [4.78, 5) is 12.6. The highest BCUT2D eigenvalue weighted by Crippen LogP contribution is 2.40. The van der Waals surface area contributed by atoms with E-state index in [2.05, 4.69) is 26.4 Å². The molecule has 3 aromatic rings. The van der Waals surface area contributed by atoms with E-state index in [0.29, 0.717) is 13.1 Å². The van der Waals surface area contributed by atoms with Crippen molar-refractivity contribution in [2.45, 2.75) is 25.5 Å². The molecule has 1 saturated heterocycles. The van der Waals surface area contributed by atoms with Crippen molar-refractivity contribution >= 4 is 11.9 Å². The first-order chi connectivity index (χ1) is 17.5. The van der Waals surface area contributed by atoms with Crippen LogP contribution >= 0.6 is 0 Å². The zero-order valence-electron chi connectivity index (χ0n) is 20.4. The molecule has 0 amide bonds. The van der Waals surface area contributed by atoms with Crippen LogP contribution in [0.2, 0.25) is 0 Å². The number of fused-ring (bicyclic) bond motifs is 1. The number of rotatable bonds is 8. The zero-order chi connectivity index (χ0) is 25.1. The Bertz CT molecular complexity index is 1290. The van der Waals surface area contributed by atoms with E-state index in [0.717, 1.165) is 59.1 Å². The van der Waals surface area contributed by atoms with E-state index < -0.39 is 5.72 Å². The Kier molecular flexibility index (Phi) is 6.75. The van der Waals surface area contributed by atoms with Crippen LogP contribution in [0, 0.1) is 12.7 Å². The minimum absolute atomic E-state index is 0.00877. The number of benzene rings is 2. The standard InChI is InChI=1S/C27H30FN5O3/c1-19-16-32(18-30-19)24-10-5-20(15-25(24)35-2)14-21-4-3-12-33-26(21)31-36-27(33,17-29-11-13-34)22-6-8-23(28)9-7-22/h5-10,14-16,18,29,34H,3-4,11-13,17H2,1-2H3/t27-/m1/s1. The van der Waals surface area contributed by atoms with E-state index in [1.54, 1.807) is 25.6 Å². The predicted octanol–water partition coefficient (Wildman–Crippen LogP) is 3.59. The summed E-state index contributed by atoms with van der Waals surface area (Å²) in [6, 6.07) is 12.4. The number of piperidine rings is 1. The number of halogens is 1. The van der Waals surface area contributed by atoms with Crippen molar-refractivity contribution in [1.82, 2.24) is 19.8 Å². The van der Waals surface area contributed by atoms with Gasteiger partial charge in [0.05, 0.1) is 38.0 Å². The van der Waals surface area contributed by atoms with Crippen LogP contribution in [0.1, 0.15) is 29.7 Å². The van der Waals surface area contributed by atoms with Crippen LogP contribution in [0.25, 0.3) is 11.8 Å². The summed E-state index contributed by atoms with van der Waals surface area (Å²) in [5.41, 5.74) is 3.78. The van der Waals surface area contributed by atoms with Gasteiger partial charge in [-0.2, -0.15) is 0 Å². The third kappa shape index (κ3) is 4.47. The lowest BCUT2D eigenvalue weighted by molar-refractivity contribution is -0.105. The summed E-state index contributed by atoms with van der Waals surface area (Å²) >= 11 is 0. The number of aryl methyl sites for hydroxylation is 1. The summed E-state index contributed by atoms with van der Waals surface area (Å²) in [6.07, 6.45) is 7.61. The molecule has 1 atom stereocenters. The zero-order valence-corrected chi connectivity index (χ0v) is 20.4. The fourth-order valence-electron chi connectivity index (χ4n) is 4.82. The first kappa shape index (κ1) is 24.0. The lowest BCUT2D eigenvalue weighted by Gasteiger charge is -2.40. The normalized spacial score (nSPS) is 20.3. The molecule has 1 aromatic heterocycles. The van der Waals surface area contributed by atoms with E-state index in [-0.39, 0.29) is 12.4 Å². The molecule has 0 unspecified atom stereocenters. The molecule has 5 rings (SSSR count). The molecule has 0 radical (unpaired) electrons. The van der Waals surface area contributed by atoms with Gasteiger partial charge in [-0.3, -0.25) is 0 Å². The molecule has 8 nitrogen and oxygen atoms in total. The molecule has 1 fully saturated rings. The van der Waals surface area contributed by atoms with Crippen molar-refractivity contribution in [3.05, 3.63) is 83.2 Å². The molecule has 0 saturated carbocycles. The number of aromatic nitrogens is 2. The van der Waals surface area contributed by atoms with Crippen molar-refractivity contribution in [1.29, 1.82) is 0 Å². The van der Waals surface area contributed by atoms with Crippen LogP contribution in [0.3, 0.4) is 0 Å². The van der Waals surface area contributed by atoms with Gasteiger partial charge in [0.15, 0.2) is 5.84 Å². The molecule has 2 aromatic carbocycles. The number of imidazole rings is 1. The maximum absolute atomic E-state index is 13.7. The van der Waals surface area contributed by atoms with Gasteiger partial charge in [0.1, 0.15) is 11.6 Å². The number of hydrogen-bond donors (Lipinski definition) is 2. The van der Waals surface area contributed by atoms with E-state index in [9.17, 15) is 9.50 Å². The SMILES string of the molecule is COc1cc(C=C2CCCN3C2=NO[C@]3(CNCCO)c2ccc(F)cc2)ccc1-n1cnc(C)c1. The average Bonchev–Trinajstić information content (AvgIpc) is 3.49. The average molecular weight is 492 g/mol. The monoisotopic (exact) mass is 491 g/mol. The van der Waals surface area contributed by atoms with E-state index in [1.807, 2.05) is 35.9 Å². The van der Waals surface area contributed by atoms with Crippen LogP contribution in [0.5, 0.6) is 5.75 Å². The van der Waals surface area contributed by atoms with E-state index in [4.69, 9.17) is 9.57 Å². The van der Waals surface area contributed by atoms with Gasteiger partial charge >= 0.3 is 0 Å². The third-order valence-electron chi connectivity index (χ3n) is 6.57. The topological polar surface area (TPSA) is 84.1 Å². The molecule has 0 bridgehead atoms. The molecule has 2 N–H and O–H groups in total. The number of amidine groups is 1. The first-order valence-electron chi connectivity index (χ1n) is 12.1. The van der Waals surface area contributed by atoms with E-state index >= 15 is 0 Å². The Morgan fingerprint density at radius 1 is 1.25 bits per heavy atom. The molecule has 0 spiro atoms. The van der Waals surface area contributed by atoms with Crippen LogP contribution < -0.4 is 10.1 Å². The van der Waals surface area contributed by atoms with Crippen LogP contribution in [-0.2, 0) is 10.6 Å². The molecule has 188 valence electrons.